The highest BCUT2D eigenvalue weighted by Crippen LogP contribution is 2.37. The molecule has 2 aromatic rings. The van der Waals surface area contributed by atoms with Crippen molar-refractivity contribution < 1.29 is 13.2 Å². The number of nitrogens with one attached hydrogen (secondary N) is 1. The lowest BCUT2D eigenvalue weighted by atomic mass is 10.1. The topological polar surface area (TPSA) is 12.0 Å². The number of anilines is 1. The maximum absolute atomic E-state index is 12.9. The molecule has 0 aliphatic heterocycles. The molecule has 7 heteroatoms. The molecule has 0 amide bonds. The third-order valence-electron chi connectivity index (χ3n) is 2.37. The van der Waals surface area contributed by atoms with Gasteiger partial charge in [0.25, 0.3) is 0 Å². The van der Waals surface area contributed by atoms with E-state index in [4.69, 9.17) is 11.6 Å². The molecule has 0 radical (unpaired) electrons. The Morgan fingerprint density at radius 3 is 2.53 bits per heavy atom. The van der Waals surface area contributed by atoms with Gasteiger partial charge < -0.3 is 5.32 Å². The Balaban J connectivity index is 2.20. The third kappa shape index (κ3) is 3.87. The molecule has 0 saturated carbocycles. The molecule has 1 aromatic carbocycles. The second-order valence-corrected chi connectivity index (χ2v) is 6.46. The fraction of sp³-hybridized carbons (Fsp3) is 0.167. The van der Waals surface area contributed by atoms with Crippen molar-refractivity contribution in [2.75, 3.05) is 5.32 Å². The molecule has 1 aromatic heterocycles. The van der Waals surface area contributed by atoms with Crippen molar-refractivity contribution in [3.63, 3.8) is 0 Å². The molecule has 0 spiro atoms. The summed E-state index contributed by atoms with van der Waals surface area (Å²) in [5.41, 5.74) is -0.634. The average molecular weight is 371 g/mol. The van der Waals surface area contributed by atoms with E-state index in [1.807, 2.05) is 0 Å². The van der Waals surface area contributed by atoms with E-state index < -0.39 is 11.7 Å². The number of rotatable bonds is 3. The van der Waals surface area contributed by atoms with E-state index in [0.717, 1.165) is 10.9 Å². The molecule has 0 saturated heterocycles. The summed E-state index contributed by atoms with van der Waals surface area (Å²) in [6, 6.07) is 7.53. The largest absolute Gasteiger partial charge is 0.418 e. The normalized spacial score (nSPS) is 11.6. The van der Waals surface area contributed by atoms with E-state index in [9.17, 15) is 13.2 Å². The molecule has 102 valence electrons. The first-order chi connectivity index (χ1) is 8.86. The second-order valence-electron chi connectivity index (χ2n) is 3.75. The van der Waals surface area contributed by atoms with Crippen LogP contribution in [0.1, 0.15) is 10.4 Å². The van der Waals surface area contributed by atoms with Gasteiger partial charge in [-0.25, -0.2) is 0 Å². The maximum atomic E-state index is 12.9. The number of halogens is 5. The lowest BCUT2D eigenvalue weighted by molar-refractivity contribution is -0.137. The van der Waals surface area contributed by atoms with E-state index in [0.29, 0.717) is 15.4 Å². The zero-order valence-corrected chi connectivity index (χ0v) is 12.6. The van der Waals surface area contributed by atoms with Gasteiger partial charge in [-0.3, -0.25) is 0 Å². The Morgan fingerprint density at radius 1 is 1.21 bits per heavy atom. The Hall–Kier alpha value is -0.720. The SMILES string of the molecule is FC(F)(F)c1cc(Br)ccc1NCc1ccc(Cl)s1. The molecular weight excluding hydrogens is 363 g/mol. The average Bonchev–Trinajstić information content (AvgIpc) is 2.72. The lowest BCUT2D eigenvalue weighted by Gasteiger charge is -2.14. The van der Waals surface area contributed by atoms with E-state index in [1.165, 1.54) is 17.4 Å². The summed E-state index contributed by atoms with van der Waals surface area (Å²) in [6.07, 6.45) is -4.39. The first-order valence-electron chi connectivity index (χ1n) is 5.21. The number of hydrogen-bond acceptors (Lipinski definition) is 2. The molecule has 0 aliphatic rings. The summed E-state index contributed by atoms with van der Waals surface area (Å²) < 4.78 is 39.6. The fourth-order valence-electron chi connectivity index (χ4n) is 1.53. The minimum Gasteiger partial charge on any atom is -0.380 e. The number of alkyl halides is 3. The van der Waals surface area contributed by atoms with Crippen LogP contribution in [0.2, 0.25) is 4.34 Å². The van der Waals surface area contributed by atoms with E-state index >= 15 is 0 Å². The Kier molecular flexibility index (Phi) is 4.43. The predicted molar refractivity (Wildman–Crippen MR) is 75.8 cm³/mol. The lowest BCUT2D eigenvalue weighted by Crippen LogP contribution is -2.10. The van der Waals surface area contributed by atoms with E-state index in [-0.39, 0.29) is 5.69 Å². The van der Waals surface area contributed by atoms with E-state index in [2.05, 4.69) is 21.2 Å². The number of benzene rings is 1. The van der Waals surface area contributed by atoms with Crippen molar-refractivity contribution in [3.05, 3.63) is 49.6 Å². The standard InChI is InChI=1S/C12H8BrClF3NS/c13-7-1-3-10(9(5-7)12(15,16)17)18-6-8-2-4-11(14)19-8/h1-5,18H,6H2. The molecule has 0 unspecified atom stereocenters. The minimum atomic E-state index is -4.39. The highest BCUT2D eigenvalue weighted by Gasteiger charge is 2.33. The van der Waals surface area contributed by atoms with E-state index in [1.54, 1.807) is 18.2 Å². The van der Waals surface area contributed by atoms with Crippen LogP contribution in [0.15, 0.2) is 34.8 Å². The molecule has 1 heterocycles. The molecule has 0 bridgehead atoms. The monoisotopic (exact) mass is 369 g/mol. The van der Waals surface area contributed by atoms with Crippen molar-refractivity contribution >= 4 is 44.6 Å². The smallest absolute Gasteiger partial charge is 0.380 e. The van der Waals surface area contributed by atoms with Crippen LogP contribution in [-0.2, 0) is 12.7 Å². The highest BCUT2D eigenvalue weighted by molar-refractivity contribution is 9.10. The molecule has 0 aliphatic carbocycles. The highest BCUT2D eigenvalue weighted by atomic mass is 79.9. The van der Waals surface area contributed by atoms with Crippen LogP contribution in [0.25, 0.3) is 0 Å². The molecule has 0 atom stereocenters. The van der Waals surface area contributed by atoms with Gasteiger partial charge in [0, 0.05) is 21.6 Å². The number of thiophene rings is 1. The summed E-state index contributed by atoms with van der Waals surface area (Å²) in [4.78, 5) is 0.876. The first kappa shape index (κ1) is 14.7. The quantitative estimate of drug-likeness (QED) is 0.720. The molecule has 19 heavy (non-hydrogen) atoms. The molecule has 2 rings (SSSR count). The predicted octanol–water partition coefficient (Wildman–Crippen LogP) is 5.79. The van der Waals surface area contributed by atoms with Gasteiger partial charge in [0.05, 0.1) is 9.90 Å². The van der Waals surface area contributed by atoms with Crippen LogP contribution in [0, 0.1) is 0 Å². The molecular formula is C12H8BrClF3NS. The fourth-order valence-corrected chi connectivity index (χ4v) is 2.92. The summed E-state index contributed by atoms with van der Waals surface area (Å²) in [6.45, 7) is 0.308. The number of hydrogen-bond donors (Lipinski definition) is 1. The van der Waals surface area contributed by atoms with Gasteiger partial charge in [0.1, 0.15) is 0 Å². The summed E-state index contributed by atoms with van der Waals surface area (Å²) in [5.74, 6) is 0. The Labute approximate surface area is 125 Å². The Bertz CT molecular complexity index is 583. The van der Waals surface area contributed by atoms with Gasteiger partial charge in [-0.2, -0.15) is 13.2 Å². The van der Waals surface area contributed by atoms with Gasteiger partial charge in [-0.1, -0.05) is 27.5 Å². The van der Waals surface area contributed by atoms with Gasteiger partial charge in [-0.05, 0) is 30.3 Å². The van der Waals surface area contributed by atoms with Crippen LogP contribution >= 0.6 is 38.9 Å². The van der Waals surface area contributed by atoms with Crippen molar-refractivity contribution in [1.82, 2.24) is 0 Å². The van der Waals surface area contributed by atoms with Crippen LogP contribution in [0.4, 0.5) is 18.9 Å². The van der Waals surface area contributed by atoms with Gasteiger partial charge in [0.15, 0.2) is 0 Å². The van der Waals surface area contributed by atoms with Crippen LogP contribution < -0.4 is 5.32 Å². The first-order valence-corrected chi connectivity index (χ1v) is 7.20. The van der Waals surface area contributed by atoms with Gasteiger partial charge in [0.2, 0.25) is 0 Å². The van der Waals surface area contributed by atoms with Gasteiger partial charge >= 0.3 is 6.18 Å². The minimum absolute atomic E-state index is 0.0558. The molecule has 0 fully saturated rings. The van der Waals surface area contributed by atoms with Crippen molar-refractivity contribution in [3.8, 4) is 0 Å². The summed E-state index contributed by atoms with van der Waals surface area (Å²) in [7, 11) is 0. The zero-order chi connectivity index (χ0) is 14.0. The third-order valence-corrected chi connectivity index (χ3v) is 4.09. The summed E-state index contributed by atoms with van der Waals surface area (Å²) >= 11 is 10.2. The van der Waals surface area contributed by atoms with Gasteiger partial charge in [-0.15, -0.1) is 11.3 Å². The maximum Gasteiger partial charge on any atom is 0.418 e. The van der Waals surface area contributed by atoms with Crippen molar-refractivity contribution in [2.24, 2.45) is 0 Å². The van der Waals surface area contributed by atoms with Crippen molar-refractivity contribution in [2.45, 2.75) is 12.7 Å². The van der Waals surface area contributed by atoms with Crippen LogP contribution in [-0.4, -0.2) is 0 Å². The Morgan fingerprint density at radius 2 is 1.95 bits per heavy atom. The van der Waals surface area contributed by atoms with Crippen LogP contribution in [0.3, 0.4) is 0 Å². The zero-order valence-electron chi connectivity index (χ0n) is 9.39. The van der Waals surface area contributed by atoms with Crippen molar-refractivity contribution in [1.29, 1.82) is 0 Å². The molecule has 1 N–H and O–H groups in total. The molecule has 1 nitrogen and oxygen atoms in total. The second kappa shape index (κ2) is 5.73. The van der Waals surface area contributed by atoms with Crippen LogP contribution in [0.5, 0.6) is 0 Å². The summed E-state index contributed by atoms with van der Waals surface area (Å²) in [5, 5.41) is 2.79.